The molecule has 0 heterocycles. The number of rotatable bonds is 5. The van der Waals surface area contributed by atoms with Crippen LogP contribution in [0, 0.1) is 0 Å². The summed E-state index contributed by atoms with van der Waals surface area (Å²) < 4.78 is 0. The van der Waals surface area contributed by atoms with Gasteiger partial charge in [-0.2, -0.15) is 0 Å². The van der Waals surface area contributed by atoms with Crippen LogP contribution in [0.1, 0.15) is 0 Å². The molecule has 0 aliphatic rings. The first-order chi connectivity index (χ1) is 5.54. The maximum atomic E-state index is 9.08. The summed E-state index contributed by atoms with van der Waals surface area (Å²) in [5, 5.41) is 43.7. The molecule has 0 aromatic heterocycles. The Morgan fingerprint density at radius 1 is 0.917 bits per heavy atom. The van der Waals surface area contributed by atoms with Crippen molar-refractivity contribution in [3.05, 3.63) is 0 Å². The molecule has 74 valence electrons. The maximum Gasteiger partial charge on any atom is 0.104 e. The molecule has 0 unspecified atom stereocenters. The second-order valence-electron chi connectivity index (χ2n) is 2.57. The summed E-state index contributed by atoms with van der Waals surface area (Å²) in [4.78, 5) is 0. The van der Waals surface area contributed by atoms with E-state index in [9.17, 15) is 0 Å². The topological polar surface area (TPSA) is 127 Å². The highest BCUT2D eigenvalue weighted by atomic mass is 16.4. The zero-order chi connectivity index (χ0) is 9.72. The van der Waals surface area contributed by atoms with E-state index in [0.717, 1.165) is 0 Å². The fourth-order valence-corrected chi connectivity index (χ4v) is 0.714. The van der Waals surface area contributed by atoms with Crippen molar-refractivity contribution in [1.82, 2.24) is 0 Å². The average molecular weight is 181 g/mol. The molecule has 6 heteroatoms. The van der Waals surface area contributed by atoms with Gasteiger partial charge < -0.3 is 31.3 Å². The predicted molar refractivity (Wildman–Crippen MR) is 40.2 cm³/mol. The Morgan fingerprint density at radius 3 is 1.67 bits per heavy atom. The monoisotopic (exact) mass is 181 g/mol. The third-order valence-electron chi connectivity index (χ3n) is 1.61. The lowest BCUT2D eigenvalue weighted by atomic mass is 10.0. The summed E-state index contributed by atoms with van der Waals surface area (Å²) in [6.45, 7) is -1.25. The minimum absolute atomic E-state index is 0.601. The molecule has 0 aliphatic heterocycles. The summed E-state index contributed by atoms with van der Waals surface area (Å²) >= 11 is 0. The van der Waals surface area contributed by atoms with Crippen LogP contribution in [0.4, 0.5) is 0 Å². The zero-order valence-corrected chi connectivity index (χ0v) is 6.54. The normalized spacial score (nSPS) is 21.5. The first-order valence-corrected chi connectivity index (χ1v) is 3.56. The molecule has 0 aromatic rings. The van der Waals surface area contributed by atoms with Crippen molar-refractivity contribution < 1.29 is 25.5 Å². The van der Waals surface area contributed by atoms with Crippen molar-refractivity contribution in [1.29, 1.82) is 0 Å². The van der Waals surface area contributed by atoms with Crippen molar-refractivity contribution in [3.63, 3.8) is 0 Å². The van der Waals surface area contributed by atoms with Crippen LogP contribution in [0.3, 0.4) is 0 Å². The Balaban J connectivity index is 3.99. The molecule has 4 atom stereocenters. The van der Waals surface area contributed by atoms with Crippen molar-refractivity contribution in [2.24, 2.45) is 5.73 Å². The van der Waals surface area contributed by atoms with Crippen LogP contribution in [0.5, 0.6) is 0 Å². The smallest absolute Gasteiger partial charge is 0.104 e. The van der Waals surface area contributed by atoms with Crippen molar-refractivity contribution in [2.45, 2.75) is 24.4 Å². The molecular formula is C6H15NO5. The molecule has 0 aromatic carbocycles. The molecule has 0 amide bonds. The number of aliphatic hydroxyl groups is 5. The Bertz CT molecular complexity index is 109. The minimum Gasteiger partial charge on any atom is -0.394 e. The van der Waals surface area contributed by atoms with Gasteiger partial charge in [0.15, 0.2) is 0 Å². The van der Waals surface area contributed by atoms with Crippen molar-refractivity contribution in [2.75, 3.05) is 13.2 Å². The number of nitrogens with two attached hydrogens (primary N) is 1. The molecule has 0 saturated heterocycles. The fraction of sp³-hybridized carbons (Fsp3) is 1.00. The first kappa shape index (κ1) is 11.8. The van der Waals surface area contributed by atoms with E-state index in [0.29, 0.717) is 0 Å². The van der Waals surface area contributed by atoms with Crippen LogP contribution in [-0.4, -0.2) is 63.1 Å². The molecule has 0 saturated carbocycles. The van der Waals surface area contributed by atoms with Gasteiger partial charge in [-0.05, 0) is 0 Å². The molecule has 6 nitrogen and oxygen atoms in total. The summed E-state index contributed by atoms with van der Waals surface area (Å²) in [7, 11) is 0. The third kappa shape index (κ3) is 3.02. The van der Waals surface area contributed by atoms with Gasteiger partial charge in [0.25, 0.3) is 0 Å². The molecule has 7 N–H and O–H groups in total. The highest BCUT2D eigenvalue weighted by Crippen LogP contribution is 2.01. The Labute approximate surface area is 69.9 Å². The van der Waals surface area contributed by atoms with Gasteiger partial charge in [0.05, 0.1) is 31.5 Å². The summed E-state index contributed by atoms with van der Waals surface area (Å²) in [6, 6.07) is -1.17. The van der Waals surface area contributed by atoms with Gasteiger partial charge in [-0.1, -0.05) is 0 Å². The Kier molecular flexibility index (Phi) is 5.31. The van der Waals surface area contributed by atoms with Gasteiger partial charge in [-0.15, -0.1) is 0 Å². The minimum atomic E-state index is -1.45. The van der Waals surface area contributed by atoms with Gasteiger partial charge in [-0.3, -0.25) is 0 Å². The van der Waals surface area contributed by atoms with Crippen molar-refractivity contribution in [3.8, 4) is 0 Å². The molecule has 0 rings (SSSR count). The molecule has 0 fully saturated rings. The van der Waals surface area contributed by atoms with Gasteiger partial charge in [-0.25, -0.2) is 0 Å². The average Bonchev–Trinajstić information content (AvgIpc) is 2.12. The van der Waals surface area contributed by atoms with Crippen molar-refractivity contribution >= 4 is 0 Å². The standard InChI is InChI=1S/C6H15NO5/c7-5(3(10)1-8)6(12)4(11)2-9/h3-6,8-12H,1-2,7H2/t3-,4-,5+,6+/m1/s1. The van der Waals surface area contributed by atoms with Crippen LogP contribution in [0.15, 0.2) is 0 Å². The second kappa shape index (κ2) is 5.41. The predicted octanol–water partition coefficient (Wildman–Crippen LogP) is -3.62. The van der Waals surface area contributed by atoms with E-state index >= 15 is 0 Å². The number of aliphatic hydroxyl groups excluding tert-OH is 5. The van der Waals surface area contributed by atoms with Gasteiger partial charge in [0.2, 0.25) is 0 Å². The molecule has 12 heavy (non-hydrogen) atoms. The van der Waals surface area contributed by atoms with Crippen LogP contribution >= 0.6 is 0 Å². The largest absolute Gasteiger partial charge is 0.394 e. The molecule has 0 aliphatic carbocycles. The second-order valence-corrected chi connectivity index (χ2v) is 2.57. The molecule has 0 bridgehead atoms. The van der Waals surface area contributed by atoms with E-state index < -0.39 is 37.6 Å². The van der Waals surface area contributed by atoms with Crippen LogP contribution in [-0.2, 0) is 0 Å². The quantitative estimate of drug-likeness (QED) is 0.260. The SMILES string of the molecule is N[C@H]([C@@H](O)[C@H](O)CO)[C@H](O)CO. The number of hydrogen-bond acceptors (Lipinski definition) is 6. The Morgan fingerprint density at radius 2 is 1.33 bits per heavy atom. The molecule has 0 radical (unpaired) electrons. The lowest BCUT2D eigenvalue weighted by Crippen LogP contribution is -2.52. The fourth-order valence-electron chi connectivity index (χ4n) is 0.714. The van der Waals surface area contributed by atoms with E-state index in [-0.39, 0.29) is 0 Å². The van der Waals surface area contributed by atoms with Crippen LogP contribution < -0.4 is 5.73 Å². The van der Waals surface area contributed by atoms with Crippen LogP contribution in [0.25, 0.3) is 0 Å². The third-order valence-corrected chi connectivity index (χ3v) is 1.61. The van der Waals surface area contributed by atoms with E-state index in [1.54, 1.807) is 0 Å². The summed E-state index contributed by atoms with van der Waals surface area (Å²) in [5.74, 6) is 0. The maximum absolute atomic E-state index is 9.08. The van der Waals surface area contributed by atoms with E-state index in [2.05, 4.69) is 0 Å². The van der Waals surface area contributed by atoms with Crippen LogP contribution in [0.2, 0.25) is 0 Å². The van der Waals surface area contributed by atoms with Gasteiger partial charge in [0.1, 0.15) is 6.10 Å². The highest BCUT2D eigenvalue weighted by Gasteiger charge is 2.27. The molecular weight excluding hydrogens is 166 g/mol. The first-order valence-electron chi connectivity index (χ1n) is 3.56. The lowest BCUT2D eigenvalue weighted by Gasteiger charge is -2.25. The number of hydrogen-bond donors (Lipinski definition) is 6. The molecule has 0 spiro atoms. The Hall–Kier alpha value is -0.240. The van der Waals surface area contributed by atoms with E-state index in [1.807, 2.05) is 0 Å². The summed E-state index contributed by atoms with van der Waals surface area (Å²) in [6.07, 6.45) is -4.15. The highest BCUT2D eigenvalue weighted by molar-refractivity contribution is 4.83. The lowest BCUT2D eigenvalue weighted by molar-refractivity contribution is -0.0568. The van der Waals surface area contributed by atoms with E-state index in [4.69, 9.17) is 31.3 Å². The van der Waals surface area contributed by atoms with E-state index in [1.165, 1.54) is 0 Å². The summed E-state index contributed by atoms with van der Waals surface area (Å²) in [5.41, 5.74) is 5.22. The van der Waals surface area contributed by atoms with Gasteiger partial charge >= 0.3 is 0 Å². The van der Waals surface area contributed by atoms with Gasteiger partial charge in [0, 0.05) is 0 Å². The zero-order valence-electron chi connectivity index (χ0n) is 6.54.